The summed E-state index contributed by atoms with van der Waals surface area (Å²) in [4.78, 5) is 22.9. The molecule has 0 atom stereocenters. The molecule has 0 unspecified atom stereocenters. The molecule has 0 aliphatic heterocycles. The van der Waals surface area contributed by atoms with E-state index in [0.717, 1.165) is 17.5 Å². The number of benzene rings is 2. The number of halogens is 2. The molecule has 0 N–H and O–H groups in total. The van der Waals surface area contributed by atoms with E-state index < -0.39 is 0 Å². The molecule has 0 aliphatic rings. The van der Waals surface area contributed by atoms with Crippen LogP contribution in [-0.2, 0) is 6.42 Å². The van der Waals surface area contributed by atoms with Crippen LogP contribution < -0.4 is 0 Å². The minimum Gasteiger partial charge on any atom is -0.281 e. The monoisotopic (exact) mass is 380 g/mol. The van der Waals surface area contributed by atoms with Crippen molar-refractivity contribution in [3.63, 3.8) is 0 Å². The van der Waals surface area contributed by atoms with Crippen LogP contribution in [0.1, 0.15) is 31.8 Å². The second kappa shape index (κ2) is 6.26. The standard InChI is InChI=1S/C15H10Br2O2/c16-14(18)12-7-6-11(9-13(12)15(17)19)8-10-4-2-1-3-5-10/h1-7,9H,8H2. The van der Waals surface area contributed by atoms with Gasteiger partial charge in [-0.25, -0.2) is 0 Å². The summed E-state index contributed by atoms with van der Waals surface area (Å²) < 4.78 is -0.577. The van der Waals surface area contributed by atoms with Gasteiger partial charge in [-0.15, -0.1) is 0 Å². The summed E-state index contributed by atoms with van der Waals surface area (Å²) >= 11 is 5.79. The van der Waals surface area contributed by atoms with E-state index in [2.05, 4.69) is 31.9 Å². The van der Waals surface area contributed by atoms with Crippen molar-refractivity contribution in [3.8, 4) is 0 Å². The normalized spacial score (nSPS) is 10.2. The quantitative estimate of drug-likeness (QED) is 0.738. The average Bonchev–Trinajstić information content (AvgIpc) is 2.39. The molecule has 0 aromatic heterocycles. The molecule has 0 heterocycles. The lowest BCUT2D eigenvalue weighted by atomic mass is 10.0. The summed E-state index contributed by atoms with van der Waals surface area (Å²) in [6.45, 7) is 0. The smallest absolute Gasteiger partial charge is 0.228 e. The minimum absolute atomic E-state index is 0.287. The van der Waals surface area contributed by atoms with E-state index in [-0.39, 0.29) is 9.39 Å². The van der Waals surface area contributed by atoms with Gasteiger partial charge >= 0.3 is 0 Å². The van der Waals surface area contributed by atoms with Crippen molar-refractivity contribution in [1.29, 1.82) is 0 Å². The van der Waals surface area contributed by atoms with Crippen molar-refractivity contribution in [2.24, 2.45) is 0 Å². The zero-order chi connectivity index (χ0) is 13.8. The van der Waals surface area contributed by atoms with E-state index >= 15 is 0 Å². The Labute approximate surface area is 128 Å². The van der Waals surface area contributed by atoms with Gasteiger partial charge in [0.05, 0.1) is 0 Å². The first-order valence-corrected chi connectivity index (χ1v) is 7.23. The number of carbonyl (C=O) groups excluding carboxylic acids is 2. The van der Waals surface area contributed by atoms with Crippen molar-refractivity contribution in [1.82, 2.24) is 0 Å². The highest BCUT2D eigenvalue weighted by molar-refractivity contribution is 9.18. The summed E-state index contributed by atoms with van der Waals surface area (Å²) in [5, 5.41) is 0. The molecule has 0 aliphatic carbocycles. The molecule has 0 radical (unpaired) electrons. The molecule has 19 heavy (non-hydrogen) atoms. The van der Waals surface area contributed by atoms with Crippen molar-refractivity contribution in [2.45, 2.75) is 6.42 Å². The minimum atomic E-state index is -0.290. The highest BCUT2D eigenvalue weighted by Crippen LogP contribution is 2.20. The first-order valence-electron chi connectivity index (χ1n) is 5.64. The van der Waals surface area contributed by atoms with Gasteiger partial charge in [-0.1, -0.05) is 36.4 Å². The van der Waals surface area contributed by atoms with E-state index in [0.29, 0.717) is 11.1 Å². The van der Waals surface area contributed by atoms with Crippen molar-refractivity contribution in [3.05, 3.63) is 70.8 Å². The molecule has 0 spiro atoms. The van der Waals surface area contributed by atoms with Crippen LogP contribution in [0.4, 0.5) is 0 Å². The summed E-state index contributed by atoms with van der Waals surface area (Å²) in [6.07, 6.45) is 0.727. The molecule has 0 bridgehead atoms. The molecule has 2 rings (SSSR count). The number of rotatable bonds is 4. The zero-order valence-corrected chi connectivity index (χ0v) is 13.1. The van der Waals surface area contributed by atoms with Gasteiger partial charge in [0, 0.05) is 11.1 Å². The predicted molar refractivity (Wildman–Crippen MR) is 82.2 cm³/mol. The Morgan fingerprint density at radius 1 is 0.789 bits per heavy atom. The summed E-state index contributed by atoms with van der Waals surface area (Å²) in [5.41, 5.74) is 2.91. The Balaban J connectivity index is 2.36. The van der Waals surface area contributed by atoms with Crippen LogP contribution in [0.3, 0.4) is 0 Å². The first-order chi connectivity index (χ1) is 9.08. The highest BCUT2D eigenvalue weighted by atomic mass is 79.9. The maximum atomic E-state index is 11.5. The fraction of sp³-hybridized carbons (Fsp3) is 0.0667. The Bertz CT molecular complexity index is 621. The van der Waals surface area contributed by atoms with Crippen LogP contribution >= 0.6 is 31.9 Å². The highest BCUT2D eigenvalue weighted by Gasteiger charge is 2.14. The Kier molecular flexibility index (Phi) is 4.66. The Morgan fingerprint density at radius 3 is 2.00 bits per heavy atom. The molecule has 2 nitrogen and oxygen atoms in total. The summed E-state index contributed by atoms with van der Waals surface area (Å²) in [7, 11) is 0. The lowest BCUT2D eigenvalue weighted by Gasteiger charge is -2.06. The molecule has 4 heteroatoms. The summed E-state index contributed by atoms with van der Waals surface area (Å²) in [6, 6.07) is 15.2. The van der Waals surface area contributed by atoms with E-state index in [1.165, 1.54) is 0 Å². The van der Waals surface area contributed by atoms with E-state index in [1.807, 2.05) is 36.4 Å². The average molecular weight is 382 g/mol. The molecular formula is C15H10Br2O2. The molecule has 0 saturated heterocycles. The van der Waals surface area contributed by atoms with Gasteiger partial charge in [-0.05, 0) is 61.5 Å². The van der Waals surface area contributed by atoms with Gasteiger partial charge in [0.1, 0.15) is 0 Å². The van der Waals surface area contributed by atoms with Gasteiger partial charge in [0.2, 0.25) is 9.39 Å². The van der Waals surface area contributed by atoms with Gasteiger partial charge in [-0.3, -0.25) is 9.59 Å². The van der Waals surface area contributed by atoms with Gasteiger partial charge in [0.15, 0.2) is 0 Å². The molecule has 0 fully saturated rings. The molecule has 2 aromatic rings. The topological polar surface area (TPSA) is 34.1 Å². The first kappa shape index (κ1) is 14.2. The third-order valence-electron chi connectivity index (χ3n) is 2.76. The van der Waals surface area contributed by atoms with Crippen LogP contribution in [0.5, 0.6) is 0 Å². The molecule has 0 amide bonds. The van der Waals surface area contributed by atoms with Gasteiger partial charge in [-0.2, -0.15) is 0 Å². The van der Waals surface area contributed by atoms with Crippen LogP contribution in [-0.4, -0.2) is 9.39 Å². The van der Waals surface area contributed by atoms with E-state index in [4.69, 9.17) is 0 Å². The van der Waals surface area contributed by atoms with Crippen molar-refractivity contribution >= 4 is 41.2 Å². The Hall–Kier alpha value is -1.26. The molecular weight excluding hydrogens is 372 g/mol. The number of carbonyl (C=O) groups is 2. The maximum Gasteiger partial charge on any atom is 0.228 e. The lowest BCUT2D eigenvalue weighted by Crippen LogP contribution is -2.02. The van der Waals surface area contributed by atoms with Crippen LogP contribution in [0, 0.1) is 0 Å². The SMILES string of the molecule is O=C(Br)c1ccc(Cc2ccccc2)cc1C(=O)Br. The van der Waals surface area contributed by atoms with Crippen LogP contribution in [0.25, 0.3) is 0 Å². The van der Waals surface area contributed by atoms with E-state index in [9.17, 15) is 9.59 Å². The van der Waals surface area contributed by atoms with E-state index in [1.54, 1.807) is 12.1 Å². The van der Waals surface area contributed by atoms with Gasteiger partial charge in [0.25, 0.3) is 0 Å². The molecule has 96 valence electrons. The number of hydrogen-bond acceptors (Lipinski definition) is 2. The Morgan fingerprint density at radius 2 is 1.42 bits per heavy atom. The fourth-order valence-electron chi connectivity index (χ4n) is 1.87. The van der Waals surface area contributed by atoms with Gasteiger partial charge < -0.3 is 0 Å². The lowest BCUT2D eigenvalue weighted by molar-refractivity contribution is 0.106. The predicted octanol–water partition coefficient (Wildman–Crippen LogP) is 4.35. The largest absolute Gasteiger partial charge is 0.281 e. The van der Waals surface area contributed by atoms with Crippen molar-refractivity contribution < 1.29 is 9.59 Å². The second-order valence-electron chi connectivity index (χ2n) is 4.09. The summed E-state index contributed by atoms with van der Waals surface area (Å²) in [5.74, 6) is 0. The number of hydrogen-bond donors (Lipinski definition) is 0. The van der Waals surface area contributed by atoms with Crippen LogP contribution in [0.15, 0.2) is 48.5 Å². The molecule has 0 saturated carbocycles. The van der Waals surface area contributed by atoms with Crippen molar-refractivity contribution in [2.75, 3.05) is 0 Å². The second-order valence-corrected chi connectivity index (χ2v) is 5.53. The zero-order valence-electron chi connectivity index (χ0n) is 9.90. The maximum absolute atomic E-state index is 11.5. The molecule has 2 aromatic carbocycles. The third kappa shape index (κ3) is 3.61. The third-order valence-corrected chi connectivity index (χ3v) is 3.61. The van der Waals surface area contributed by atoms with Crippen LogP contribution in [0.2, 0.25) is 0 Å². The fourth-order valence-corrected chi connectivity index (χ4v) is 2.54.